The zero-order valence-corrected chi connectivity index (χ0v) is 11.6. The molecular weight excluding hydrogens is 230 g/mol. The number of nitrogens with one attached hydrogen (secondary N) is 2. The standard InChI is InChI=1S/C13H19N3S/c1-13(2,3)11-7-5-10(6-8-11)9-15-16-12(17)14-4/h5-9H,1-4H3,(H2,14,16,17)/b15-9+. The molecule has 0 fully saturated rings. The van der Waals surface area contributed by atoms with Crippen molar-refractivity contribution in [2.24, 2.45) is 5.10 Å². The van der Waals surface area contributed by atoms with E-state index in [4.69, 9.17) is 12.2 Å². The normalized spacial score (nSPS) is 11.5. The van der Waals surface area contributed by atoms with Gasteiger partial charge in [0.1, 0.15) is 0 Å². The molecule has 0 radical (unpaired) electrons. The Morgan fingerprint density at radius 2 is 1.82 bits per heavy atom. The lowest BCUT2D eigenvalue weighted by atomic mass is 9.87. The van der Waals surface area contributed by atoms with Crippen molar-refractivity contribution >= 4 is 23.5 Å². The van der Waals surface area contributed by atoms with Crippen LogP contribution in [0, 0.1) is 0 Å². The lowest BCUT2D eigenvalue weighted by Crippen LogP contribution is -2.28. The van der Waals surface area contributed by atoms with Crippen LogP contribution in [-0.2, 0) is 5.41 Å². The Hall–Kier alpha value is -1.42. The first-order chi connectivity index (χ1) is 7.93. The fraction of sp³-hybridized carbons (Fsp3) is 0.385. The molecule has 92 valence electrons. The lowest BCUT2D eigenvalue weighted by Gasteiger charge is -2.18. The predicted octanol–water partition coefficient (Wildman–Crippen LogP) is 2.41. The number of nitrogens with zero attached hydrogens (tertiary/aromatic N) is 1. The van der Waals surface area contributed by atoms with Crippen LogP contribution < -0.4 is 10.7 Å². The molecule has 17 heavy (non-hydrogen) atoms. The first-order valence-electron chi connectivity index (χ1n) is 5.55. The molecule has 3 nitrogen and oxygen atoms in total. The van der Waals surface area contributed by atoms with Gasteiger partial charge in [0.05, 0.1) is 6.21 Å². The monoisotopic (exact) mass is 249 g/mol. The molecule has 0 aliphatic carbocycles. The van der Waals surface area contributed by atoms with E-state index in [1.807, 2.05) is 12.1 Å². The highest BCUT2D eigenvalue weighted by Crippen LogP contribution is 2.21. The van der Waals surface area contributed by atoms with Crippen LogP contribution in [0.2, 0.25) is 0 Å². The van der Waals surface area contributed by atoms with Gasteiger partial charge in [-0.25, -0.2) is 0 Å². The van der Waals surface area contributed by atoms with Gasteiger partial charge in [-0.1, -0.05) is 45.0 Å². The van der Waals surface area contributed by atoms with Crippen molar-refractivity contribution in [2.45, 2.75) is 26.2 Å². The third kappa shape index (κ3) is 4.53. The van der Waals surface area contributed by atoms with Crippen LogP contribution in [0.1, 0.15) is 31.9 Å². The van der Waals surface area contributed by atoms with Gasteiger partial charge in [-0.05, 0) is 28.8 Å². The summed E-state index contributed by atoms with van der Waals surface area (Å²) < 4.78 is 0. The van der Waals surface area contributed by atoms with E-state index < -0.39 is 0 Å². The summed E-state index contributed by atoms with van der Waals surface area (Å²) in [7, 11) is 1.75. The maximum absolute atomic E-state index is 4.90. The van der Waals surface area contributed by atoms with E-state index in [0.29, 0.717) is 5.11 Å². The van der Waals surface area contributed by atoms with Crippen molar-refractivity contribution in [3.8, 4) is 0 Å². The van der Waals surface area contributed by atoms with Crippen molar-refractivity contribution in [3.05, 3.63) is 35.4 Å². The molecule has 0 aliphatic rings. The topological polar surface area (TPSA) is 36.4 Å². The van der Waals surface area contributed by atoms with E-state index >= 15 is 0 Å². The molecule has 0 amide bonds. The zero-order chi connectivity index (χ0) is 12.9. The van der Waals surface area contributed by atoms with Gasteiger partial charge in [0.2, 0.25) is 0 Å². The Balaban J connectivity index is 2.66. The molecule has 0 aromatic heterocycles. The number of hydrogen-bond acceptors (Lipinski definition) is 2. The second kappa shape index (κ2) is 5.77. The van der Waals surface area contributed by atoms with Gasteiger partial charge >= 0.3 is 0 Å². The number of rotatable bonds is 2. The fourth-order valence-electron chi connectivity index (χ4n) is 1.29. The molecule has 1 aromatic rings. The third-order valence-corrected chi connectivity index (χ3v) is 2.68. The molecule has 4 heteroatoms. The maximum Gasteiger partial charge on any atom is 0.186 e. The molecular formula is C13H19N3S. The van der Waals surface area contributed by atoms with Gasteiger partial charge in [0.15, 0.2) is 5.11 Å². The van der Waals surface area contributed by atoms with Gasteiger partial charge in [-0.15, -0.1) is 0 Å². The minimum Gasteiger partial charge on any atom is -0.364 e. The Bertz CT molecular complexity index is 402. The molecule has 0 aliphatic heterocycles. The van der Waals surface area contributed by atoms with E-state index in [1.165, 1.54) is 5.56 Å². The van der Waals surface area contributed by atoms with E-state index in [0.717, 1.165) is 5.56 Å². The summed E-state index contributed by atoms with van der Waals surface area (Å²) >= 11 is 4.90. The molecule has 1 aromatic carbocycles. The van der Waals surface area contributed by atoms with E-state index in [1.54, 1.807) is 13.3 Å². The van der Waals surface area contributed by atoms with Crippen LogP contribution in [0.25, 0.3) is 0 Å². The molecule has 0 spiro atoms. The smallest absolute Gasteiger partial charge is 0.186 e. The zero-order valence-electron chi connectivity index (χ0n) is 10.7. The Labute approximate surface area is 108 Å². The van der Waals surface area contributed by atoms with Crippen molar-refractivity contribution in [3.63, 3.8) is 0 Å². The van der Waals surface area contributed by atoms with Crippen LogP contribution in [0.3, 0.4) is 0 Å². The molecule has 0 saturated heterocycles. The highest BCUT2D eigenvalue weighted by atomic mass is 32.1. The predicted molar refractivity (Wildman–Crippen MR) is 77.5 cm³/mol. The minimum absolute atomic E-state index is 0.182. The van der Waals surface area contributed by atoms with Crippen molar-refractivity contribution in [1.29, 1.82) is 0 Å². The number of benzene rings is 1. The van der Waals surface area contributed by atoms with Crippen molar-refractivity contribution < 1.29 is 0 Å². The Morgan fingerprint density at radius 1 is 1.24 bits per heavy atom. The van der Waals surface area contributed by atoms with Crippen molar-refractivity contribution in [2.75, 3.05) is 7.05 Å². The molecule has 2 N–H and O–H groups in total. The molecule has 0 atom stereocenters. The number of hydrazone groups is 1. The summed E-state index contributed by atoms with van der Waals surface area (Å²) in [5.74, 6) is 0. The average molecular weight is 249 g/mol. The van der Waals surface area contributed by atoms with Gasteiger partial charge in [-0.2, -0.15) is 5.10 Å². The number of hydrogen-bond donors (Lipinski definition) is 2. The summed E-state index contributed by atoms with van der Waals surface area (Å²) in [6.07, 6.45) is 1.75. The summed E-state index contributed by atoms with van der Waals surface area (Å²) in [6.45, 7) is 6.59. The lowest BCUT2D eigenvalue weighted by molar-refractivity contribution is 0.590. The summed E-state index contributed by atoms with van der Waals surface area (Å²) in [4.78, 5) is 0. The van der Waals surface area contributed by atoms with Crippen LogP contribution >= 0.6 is 12.2 Å². The van der Waals surface area contributed by atoms with Crippen LogP contribution in [0.5, 0.6) is 0 Å². The number of thiocarbonyl (C=S) groups is 1. The summed E-state index contributed by atoms with van der Waals surface area (Å²) in [6, 6.07) is 8.35. The highest BCUT2D eigenvalue weighted by molar-refractivity contribution is 7.80. The van der Waals surface area contributed by atoms with E-state index in [2.05, 4.69) is 48.7 Å². The van der Waals surface area contributed by atoms with E-state index in [-0.39, 0.29) is 5.41 Å². The van der Waals surface area contributed by atoms with Gasteiger partial charge in [0, 0.05) is 7.05 Å². The first kappa shape index (κ1) is 13.6. The first-order valence-corrected chi connectivity index (χ1v) is 5.95. The van der Waals surface area contributed by atoms with Crippen LogP contribution in [0.4, 0.5) is 0 Å². The average Bonchev–Trinajstić information content (AvgIpc) is 2.28. The second-order valence-corrected chi connectivity index (χ2v) is 5.23. The van der Waals surface area contributed by atoms with Gasteiger partial charge < -0.3 is 5.32 Å². The Kier molecular flexibility index (Phi) is 4.63. The fourth-order valence-corrected chi connectivity index (χ4v) is 1.34. The third-order valence-electron chi connectivity index (χ3n) is 2.38. The van der Waals surface area contributed by atoms with Gasteiger partial charge in [0.25, 0.3) is 0 Å². The highest BCUT2D eigenvalue weighted by Gasteiger charge is 2.12. The quantitative estimate of drug-likeness (QED) is 0.480. The minimum atomic E-state index is 0.182. The summed E-state index contributed by atoms with van der Waals surface area (Å²) in [5, 5.41) is 7.32. The molecule has 0 saturated carbocycles. The molecule has 0 unspecified atom stereocenters. The van der Waals surface area contributed by atoms with Crippen molar-refractivity contribution in [1.82, 2.24) is 10.7 Å². The Morgan fingerprint density at radius 3 is 2.29 bits per heavy atom. The van der Waals surface area contributed by atoms with Crippen LogP contribution in [-0.4, -0.2) is 18.4 Å². The molecule has 0 bridgehead atoms. The van der Waals surface area contributed by atoms with Gasteiger partial charge in [-0.3, -0.25) is 5.43 Å². The SMILES string of the molecule is CNC(=S)N/N=C/c1ccc(C(C)(C)C)cc1. The molecule has 1 rings (SSSR count). The van der Waals surface area contributed by atoms with E-state index in [9.17, 15) is 0 Å². The molecule has 0 heterocycles. The largest absolute Gasteiger partial charge is 0.364 e. The maximum atomic E-state index is 4.90. The van der Waals surface area contributed by atoms with Crippen LogP contribution in [0.15, 0.2) is 29.4 Å². The summed E-state index contributed by atoms with van der Waals surface area (Å²) in [5.41, 5.74) is 5.26. The second-order valence-electron chi connectivity index (χ2n) is 4.82.